The molecule has 2 bridgehead atoms. The Morgan fingerprint density at radius 3 is 2.58 bits per heavy atom. The third-order valence-electron chi connectivity index (χ3n) is 5.63. The first-order valence-electron chi connectivity index (χ1n) is 9.32. The Hall–Kier alpha value is -2.04. The third-order valence-corrected chi connectivity index (χ3v) is 5.63. The number of fused-ring (bicyclic) bond motifs is 2. The molecule has 26 heavy (non-hydrogen) atoms. The van der Waals surface area contributed by atoms with Crippen molar-refractivity contribution >= 4 is 11.6 Å². The molecule has 1 aromatic carbocycles. The zero-order chi connectivity index (χ0) is 18.9. The van der Waals surface area contributed by atoms with E-state index in [2.05, 4.69) is 25.9 Å². The topological polar surface area (TPSA) is 51.1 Å². The van der Waals surface area contributed by atoms with Gasteiger partial charge in [0, 0.05) is 12.6 Å². The molecular formula is C21H30N2O3. The van der Waals surface area contributed by atoms with Gasteiger partial charge in [-0.25, -0.2) is 0 Å². The Morgan fingerprint density at radius 2 is 1.92 bits per heavy atom. The maximum absolute atomic E-state index is 12.7. The fourth-order valence-corrected chi connectivity index (χ4v) is 4.90. The highest BCUT2D eigenvalue weighted by Crippen LogP contribution is 2.52. The summed E-state index contributed by atoms with van der Waals surface area (Å²) < 4.78 is 5.15. The molecule has 1 saturated heterocycles. The van der Waals surface area contributed by atoms with E-state index in [1.54, 1.807) is 7.11 Å². The van der Waals surface area contributed by atoms with Crippen LogP contribution in [0.15, 0.2) is 29.4 Å². The maximum atomic E-state index is 12.7. The minimum Gasteiger partial charge on any atom is -0.497 e. The van der Waals surface area contributed by atoms with Crippen LogP contribution in [0.1, 0.15) is 52.5 Å². The normalized spacial score (nSPS) is 27.3. The Bertz CT molecular complexity index is 696. The first kappa shape index (κ1) is 18.7. The summed E-state index contributed by atoms with van der Waals surface area (Å²) in [6, 6.07) is 7.95. The van der Waals surface area contributed by atoms with Gasteiger partial charge in [0.2, 0.25) is 0 Å². The maximum Gasteiger partial charge on any atom is 0.263 e. The van der Waals surface area contributed by atoms with E-state index in [1.807, 2.05) is 36.1 Å². The van der Waals surface area contributed by atoms with Crippen LogP contribution in [0.2, 0.25) is 0 Å². The van der Waals surface area contributed by atoms with E-state index in [1.165, 1.54) is 6.42 Å². The number of rotatable bonds is 5. The van der Waals surface area contributed by atoms with Gasteiger partial charge in [-0.1, -0.05) is 25.9 Å². The summed E-state index contributed by atoms with van der Waals surface area (Å²) in [5, 5.41) is 4.12. The van der Waals surface area contributed by atoms with Gasteiger partial charge in [0.25, 0.3) is 5.91 Å². The number of oxime groups is 1. The van der Waals surface area contributed by atoms with E-state index in [0.717, 1.165) is 36.4 Å². The second-order valence-corrected chi connectivity index (χ2v) is 8.91. The number of amides is 1. The fraction of sp³-hybridized carbons (Fsp3) is 0.619. The number of hydrogen-bond donors (Lipinski definition) is 0. The number of nitrogens with zero attached hydrogens (tertiary/aromatic N) is 2. The largest absolute Gasteiger partial charge is 0.497 e. The monoisotopic (exact) mass is 358 g/mol. The Labute approximate surface area is 156 Å². The second kappa shape index (κ2) is 6.93. The minimum absolute atomic E-state index is 0.000499. The number of carbonyl (C=O) groups is 1. The zero-order valence-corrected chi connectivity index (χ0v) is 16.5. The number of ether oxygens (including phenoxy) is 1. The molecule has 0 N–H and O–H groups in total. The van der Waals surface area contributed by atoms with Gasteiger partial charge in [-0.05, 0) is 66.8 Å². The second-order valence-electron chi connectivity index (χ2n) is 8.91. The predicted octanol–water partition coefficient (Wildman–Crippen LogP) is 3.86. The molecule has 0 aromatic heterocycles. The minimum atomic E-state index is 0.000499. The van der Waals surface area contributed by atoms with Crippen molar-refractivity contribution in [3.8, 4) is 5.75 Å². The first-order valence-corrected chi connectivity index (χ1v) is 9.32. The molecule has 2 fully saturated rings. The number of benzene rings is 1. The van der Waals surface area contributed by atoms with Crippen LogP contribution in [0.4, 0.5) is 0 Å². The summed E-state index contributed by atoms with van der Waals surface area (Å²) in [5.74, 6) is 0.844. The molecule has 1 amide bonds. The van der Waals surface area contributed by atoms with Crippen molar-refractivity contribution in [3.63, 3.8) is 0 Å². The number of methoxy groups -OCH3 is 1. The summed E-state index contributed by atoms with van der Waals surface area (Å²) in [6.07, 6.45) is 3.36. The lowest BCUT2D eigenvalue weighted by Crippen LogP contribution is -2.39. The van der Waals surface area contributed by atoms with Crippen molar-refractivity contribution in [1.82, 2.24) is 4.90 Å². The van der Waals surface area contributed by atoms with Crippen molar-refractivity contribution in [1.29, 1.82) is 0 Å². The standard InChI is InChI=1S/C21H30N2O3/c1-15(16-6-8-18(25-5)9-7-16)22-26-12-19(24)23-14-21(4)11-17(23)10-20(2,3)13-21/h6-9,17H,10-14H2,1-5H3/b22-15-/t17-,21-/m1/s1. The van der Waals surface area contributed by atoms with Gasteiger partial charge in [0.05, 0.1) is 12.8 Å². The van der Waals surface area contributed by atoms with Crippen molar-refractivity contribution in [2.45, 2.75) is 53.0 Å². The molecule has 142 valence electrons. The molecule has 1 aliphatic carbocycles. The summed E-state index contributed by atoms with van der Waals surface area (Å²) >= 11 is 0. The zero-order valence-electron chi connectivity index (χ0n) is 16.5. The average molecular weight is 358 g/mol. The van der Waals surface area contributed by atoms with Crippen molar-refractivity contribution in [2.75, 3.05) is 20.3 Å². The SMILES string of the molecule is COc1ccc(/C(C)=N\OCC(=O)N2C[C@]3(C)C[C@H]2CC(C)(C)C3)cc1. The quantitative estimate of drug-likeness (QED) is 0.593. The van der Waals surface area contributed by atoms with Crippen LogP contribution in [-0.2, 0) is 9.63 Å². The number of likely N-dealkylation sites (tertiary alicyclic amines) is 1. The van der Waals surface area contributed by atoms with Crippen LogP contribution in [0.5, 0.6) is 5.75 Å². The summed E-state index contributed by atoms with van der Waals surface area (Å²) in [6.45, 7) is 9.64. The molecule has 1 aromatic rings. The van der Waals surface area contributed by atoms with Crippen LogP contribution in [-0.4, -0.2) is 42.8 Å². The lowest BCUT2D eigenvalue weighted by Gasteiger charge is -2.39. The van der Waals surface area contributed by atoms with Crippen LogP contribution < -0.4 is 4.74 Å². The highest BCUT2D eigenvalue weighted by atomic mass is 16.6. The van der Waals surface area contributed by atoms with E-state index >= 15 is 0 Å². The summed E-state index contributed by atoms with van der Waals surface area (Å²) in [4.78, 5) is 20.1. The van der Waals surface area contributed by atoms with Crippen LogP contribution in [0, 0.1) is 10.8 Å². The highest BCUT2D eigenvalue weighted by molar-refractivity contribution is 5.98. The Kier molecular flexibility index (Phi) is 5.00. The number of hydrogen-bond acceptors (Lipinski definition) is 4. The van der Waals surface area contributed by atoms with E-state index in [0.29, 0.717) is 11.5 Å². The number of carbonyl (C=O) groups excluding carboxylic acids is 1. The molecule has 1 heterocycles. The third kappa shape index (κ3) is 4.02. The molecule has 3 rings (SSSR count). The van der Waals surface area contributed by atoms with Gasteiger partial charge in [-0.2, -0.15) is 0 Å². The summed E-state index contributed by atoms with van der Waals surface area (Å²) in [5.41, 5.74) is 2.24. The Morgan fingerprint density at radius 1 is 1.23 bits per heavy atom. The van der Waals surface area contributed by atoms with E-state index in [-0.39, 0.29) is 17.9 Å². The van der Waals surface area contributed by atoms with Crippen LogP contribution in [0.3, 0.4) is 0 Å². The van der Waals surface area contributed by atoms with Crippen LogP contribution >= 0.6 is 0 Å². The van der Waals surface area contributed by atoms with Crippen molar-refractivity contribution in [3.05, 3.63) is 29.8 Å². The van der Waals surface area contributed by atoms with Gasteiger partial charge in [-0.15, -0.1) is 0 Å². The molecule has 2 atom stereocenters. The molecule has 2 aliphatic rings. The fourth-order valence-electron chi connectivity index (χ4n) is 4.90. The van der Waals surface area contributed by atoms with Crippen LogP contribution in [0.25, 0.3) is 0 Å². The Balaban J connectivity index is 1.57. The van der Waals surface area contributed by atoms with Gasteiger partial charge in [0.1, 0.15) is 5.75 Å². The van der Waals surface area contributed by atoms with Gasteiger partial charge in [0.15, 0.2) is 6.61 Å². The highest BCUT2D eigenvalue weighted by Gasteiger charge is 2.50. The molecule has 0 spiro atoms. The van der Waals surface area contributed by atoms with E-state index < -0.39 is 0 Å². The molecule has 1 saturated carbocycles. The first-order chi connectivity index (χ1) is 12.2. The molecule has 5 heteroatoms. The lowest BCUT2D eigenvalue weighted by atomic mass is 9.65. The average Bonchev–Trinajstić information content (AvgIpc) is 2.83. The molecule has 5 nitrogen and oxygen atoms in total. The van der Waals surface area contributed by atoms with Gasteiger partial charge >= 0.3 is 0 Å². The summed E-state index contributed by atoms with van der Waals surface area (Å²) in [7, 11) is 1.64. The lowest BCUT2D eigenvalue weighted by molar-refractivity contribution is -0.137. The predicted molar refractivity (Wildman–Crippen MR) is 102 cm³/mol. The van der Waals surface area contributed by atoms with Gasteiger partial charge in [-0.3, -0.25) is 4.79 Å². The molecule has 1 aliphatic heterocycles. The van der Waals surface area contributed by atoms with E-state index in [4.69, 9.17) is 9.57 Å². The van der Waals surface area contributed by atoms with Gasteiger partial charge < -0.3 is 14.5 Å². The molecule has 0 radical (unpaired) electrons. The van der Waals surface area contributed by atoms with E-state index in [9.17, 15) is 4.79 Å². The molecule has 0 unspecified atom stereocenters. The van der Waals surface area contributed by atoms with Crippen molar-refractivity contribution < 1.29 is 14.4 Å². The van der Waals surface area contributed by atoms with Crippen molar-refractivity contribution in [2.24, 2.45) is 16.0 Å². The molecular weight excluding hydrogens is 328 g/mol. The smallest absolute Gasteiger partial charge is 0.263 e.